The fraction of sp³-hybridized carbons (Fsp3) is 0.438. The van der Waals surface area contributed by atoms with Crippen LogP contribution < -0.4 is 4.90 Å². The molecule has 0 aromatic heterocycles. The molecule has 2 aliphatic rings. The van der Waals surface area contributed by atoms with E-state index in [9.17, 15) is 13.2 Å². The molecule has 0 aliphatic carbocycles. The van der Waals surface area contributed by atoms with Crippen molar-refractivity contribution < 1.29 is 13.2 Å². The number of alkyl halides is 3. The molecule has 3 aromatic carbocycles. The van der Waals surface area contributed by atoms with Crippen LogP contribution in [-0.2, 0) is 12.7 Å². The smallest absolute Gasteiger partial charge is 0.373 e. The molecule has 0 bridgehead atoms. The Morgan fingerprint density at radius 2 is 1.32 bits per heavy atom. The third-order valence-electron chi connectivity index (χ3n) is 8.32. The quantitative estimate of drug-likeness (QED) is 0.251. The molecule has 0 radical (unpaired) electrons. The van der Waals surface area contributed by atoms with Gasteiger partial charge in [0.1, 0.15) is 0 Å². The highest BCUT2D eigenvalue weighted by molar-refractivity contribution is 6.30. The summed E-state index contributed by atoms with van der Waals surface area (Å²) in [7, 11) is 1.97. The molecule has 9 heteroatoms. The van der Waals surface area contributed by atoms with Crippen LogP contribution in [0.3, 0.4) is 0 Å². The first-order chi connectivity index (χ1) is 19.7. The molecule has 220 valence electrons. The fourth-order valence-electron chi connectivity index (χ4n) is 5.98. The number of anilines is 1. The topological polar surface area (TPSA) is 13.0 Å². The van der Waals surface area contributed by atoms with Crippen molar-refractivity contribution in [3.05, 3.63) is 99.0 Å². The van der Waals surface area contributed by atoms with Crippen LogP contribution in [0.4, 0.5) is 18.9 Å². The van der Waals surface area contributed by atoms with Gasteiger partial charge in [0.15, 0.2) is 0 Å². The summed E-state index contributed by atoms with van der Waals surface area (Å²) in [5.74, 6) is 0. The molecule has 0 atom stereocenters. The van der Waals surface area contributed by atoms with E-state index in [2.05, 4.69) is 19.6 Å². The van der Waals surface area contributed by atoms with Crippen molar-refractivity contribution in [3.63, 3.8) is 0 Å². The summed E-state index contributed by atoms with van der Waals surface area (Å²) in [6, 6.07) is 20.3. The highest BCUT2D eigenvalue weighted by Crippen LogP contribution is 2.36. The highest BCUT2D eigenvalue weighted by Gasteiger charge is 2.34. The van der Waals surface area contributed by atoms with Crippen LogP contribution in [0.15, 0.2) is 66.7 Å². The molecule has 4 nitrogen and oxygen atoms in total. The van der Waals surface area contributed by atoms with Crippen LogP contribution in [0.2, 0.25) is 10.0 Å². The summed E-state index contributed by atoms with van der Waals surface area (Å²) in [5, 5.41) is 1.36. The van der Waals surface area contributed by atoms with Gasteiger partial charge >= 0.3 is 6.18 Å². The van der Waals surface area contributed by atoms with Crippen LogP contribution in [-0.4, -0.2) is 74.1 Å². The van der Waals surface area contributed by atoms with Gasteiger partial charge in [-0.25, -0.2) is 0 Å². The molecule has 2 heterocycles. The largest absolute Gasteiger partial charge is 0.416 e. The Bertz CT molecular complexity index is 1220. The van der Waals surface area contributed by atoms with E-state index in [1.807, 2.05) is 55.6 Å². The Morgan fingerprint density at radius 1 is 0.756 bits per heavy atom. The number of piperazine rings is 1. The van der Waals surface area contributed by atoms with Gasteiger partial charge in [0.2, 0.25) is 0 Å². The van der Waals surface area contributed by atoms with Gasteiger partial charge in [-0.2, -0.15) is 13.2 Å². The maximum Gasteiger partial charge on any atom is 0.416 e. The summed E-state index contributed by atoms with van der Waals surface area (Å²) in [6.45, 7) is 7.00. The monoisotopic (exact) mass is 604 g/mol. The van der Waals surface area contributed by atoms with Crippen LogP contribution in [0.25, 0.3) is 0 Å². The normalized spacial score (nSPS) is 17.4. The van der Waals surface area contributed by atoms with Gasteiger partial charge in [0.05, 0.1) is 11.6 Å². The fourth-order valence-corrected chi connectivity index (χ4v) is 6.23. The lowest BCUT2D eigenvalue weighted by Crippen LogP contribution is -2.47. The van der Waals surface area contributed by atoms with Crippen molar-refractivity contribution in [2.24, 2.45) is 0 Å². The Morgan fingerprint density at radius 3 is 1.85 bits per heavy atom. The Kier molecular flexibility index (Phi) is 9.82. The summed E-state index contributed by atoms with van der Waals surface area (Å²) in [5.41, 5.74) is 2.86. The van der Waals surface area contributed by atoms with E-state index in [0.29, 0.717) is 28.7 Å². The van der Waals surface area contributed by atoms with Crippen molar-refractivity contribution in [1.29, 1.82) is 0 Å². The molecule has 0 amide bonds. The number of hydrogen-bond acceptors (Lipinski definition) is 4. The molecule has 2 saturated heterocycles. The number of benzene rings is 3. The van der Waals surface area contributed by atoms with Crippen molar-refractivity contribution in [2.75, 3.05) is 64.3 Å². The predicted octanol–water partition coefficient (Wildman–Crippen LogP) is 7.45. The first kappa shape index (κ1) is 30.2. The number of likely N-dealkylation sites (N-methyl/N-ethyl adjacent to an activating group) is 1. The van der Waals surface area contributed by atoms with E-state index >= 15 is 0 Å². The molecular formula is C32H37Cl2F3N4. The second-order valence-electron chi connectivity index (χ2n) is 11.1. The van der Waals surface area contributed by atoms with Gasteiger partial charge < -0.3 is 9.80 Å². The number of halogens is 5. The van der Waals surface area contributed by atoms with Gasteiger partial charge in [0, 0.05) is 68.6 Å². The average Bonchev–Trinajstić information content (AvgIpc) is 3.48. The Labute approximate surface area is 251 Å². The number of rotatable bonds is 9. The van der Waals surface area contributed by atoms with E-state index in [-0.39, 0.29) is 12.6 Å². The van der Waals surface area contributed by atoms with Gasteiger partial charge in [-0.05, 0) is 85.1 Å². The third-order valence-corrected chi connectivity index (χ3v) is 8.83. The third kappa shape index (κ3) is 7.76. The zero-order valence-corrected chi connectivity index (χ0v) is 24.9. The first-order valence-corrected chi connectivity index (χ1v) is 15.0. The van der Waals surface area contributed by atoms with E-state index in [4.69, 9.17) is 23.2 Å². The molecule has 2 aliphatic heterocycles. The van der Waals surface area contributed by atoms with E-state index < -0.39 is 11.7 Å². The number of hydrogen-bond donors (Lipinski definition) is 0. The minimum absolute atomic E-state index is 0.00463. The van der Waals surface area contributed by atoms with Gasteiger partial charge in [-0.15, -0.1) is 0 Å². The molecule has 2 fully saturated rings. The lowest BCUT2D eigenvalue weighted by Gasteiger charge is -2.40. The standard InChI is InChI=1S/C32H37Cl2F3N4/c1-38(16-17-39-14-2-3-15-39)29-12-13-30(32(35,36)37)26(22-29)23-40-18-20-41(21-19-40)31(24-4-8-27(33)9-5-24)25-6-10-28(34)11-7-25/h4-13,22,31H,2-3,14-21,23H2,1H3. The van der Waals surface area contributed by atoms with Crippen molar-refractivity contribution in [2.45, 2.75) is 31.6 Å². The predicted molar refractivity (Wildman–Crippen MR) is 162 cm³/mol. The molecule has 5 rings (SSSR count). The minimum atomic E-state index is -4.39. The lowest BCUT2D eigenvalue weighted by molar-refractivity contribution is -0.138. The first-order valence-electron chi connectivity index (χ1n) is 14.3. The van der Waals surface area contributed by atoms with Crippen LogP contribution in [0, 0.1) is 0 Å². The van der Waals surface area contributed by atoms with E-state index in [1.54, 1.807) is 12.1 Å². The maximum atomic E-state index is 14.0. The highest BCUT2D eigenvalue weighted by atomic mass is 35.5. The average molecular weight is 606 g/mol. The summed E-state index contributed by atoms with van der Waals surface area (Å²) < 4.78 is 42.1. The van der Waals surface area contributed by atoms with Crippen LogP contribution in [0.5, 0.6) is 0 Å². The van der Waals surface area contributed by atoms with Crippen molar-refractivity contribution in [1.82, 2.24) is 14.7 Å². The van der Waals surface area contributed by atoms with Gasteiger partial charge in [0.25, 0.3) is 0 Å². The van der Waals surface area contributed by atoms with Crippen molar-refractivity contribution in [3.8, 4) is 0 Å². The zero-order valence-electron chi connectivity index (χ0n) is 23.4. The Hall–Kier alpha value is -2.29. The lowest BCUT2D eigenvalue weighted by atomic mass is 9.96. The molecule has 0 unspecified atom stereocenters. The summed E-state index contributed by atoms with van der Waals surface area (Å²) >= 11 is 12.3. The molecule has 3 aromatic rings. The van der Waals surface area contributed by atoms with Gasteiger partial charge in [-0.3, -0.25) is 9.80 Å². The second kappa shape index (κ2) is 13.3. The number of nitrogens with zero attached hydrogens (tertiary/aromatic N) is 4. The summed E-state index contributed by atoms with van der Waals surface area (Å²) in [6.07, 6.45) is -1.94. The Balaban J connectivity index is 1.29. The van der Waals surface area contributed by atoms with E-state index in [1.165, 1.54) is 18.9 Å². The maximum absolute atomic E-state index is 14.0. The molecule has 0 saturated carbocycles. The molecule has 0 spiro atoms. The van der Waals surface area contributed by atoms with Crippen molar-refractivity contribution >= 4 is 28.9 Å². The van der Waals surface area contributed by atoms with Gasteiger partial charge in [-0.1, -0.05) is 47.5 Å². The zero-order chi connectivity index (χ0) is 29.0. The minimum Gasteiger partial charge on any atom is -0.373 e. The SMILES string of the molecule is CN(CCN1CCCC1)c1ccc(C(F)(F)F)c(CN2CCN(C(c3ccc(Cl)cc3)c3ccc(Cl)cc3)CC2)c1. The van der Waals surface area contributed by atoms with E-state index in [0.717, 1.165) is 56.1 Å². The molecular weight excluding hydrogens is 568 g/mol. The second-order valence-corrected chi connectivity index (χ2v) is 12.0. The molecule has 41 heavy (non-hydrogen) atoms. The van der Waals surface area contributed by atoms with Crippen LogP contribution >= 0.6 is 23.2 Å². The van der Waals surface area contributed by atoms with Crippen LogP contribution in [0.1, 0.15) is 41.1 Å². The summed E-state index contributed by atoms with van der Waals surface area (Å²) in [4.78, 5) is 9.01. The molecule has 0 N–H and O–H groups in total. The number of likely N-dealkylation sites (tertiary alicyclic amines) is 1.